The van der Waals surface area contributed by atoms with Gasteiger partial charge in [0.25, 0.3) is 0 Å². The highest BCUT2D eigenvalue weighted by atomic mass is 31.2. The normalized spacial score (nSPS) is 45.8. The van der Waals surface area contributed by atoms with Crippen molar-refractivity contribution < 1.29 is 28.2 Å². The number of ether oxygens (including phenoxy) is 3. The standard InChI is InChI=1S/C8H14BO6P/c1-12-3-8-4-13-5(7(9)14-8)6(8)15-16(2,10)11/h5-7H,3-4H2,1-2H3,(H,10,11)/t5?,6?,7-,8+/m1/s1. The Hall–Kier alpha value is 0.0949. The number of hydrogen-bond donors (Lipinski definition) is 1. The summed E-state index contributed by atoms with van der Waals surface area (Å²) in [4.78, 5) is 9.25. The summed E-state index contributed by atoms with van der Waals surface area (Å²) in [6, 6.07) is -0.652. The zero-order chi connectivity index (χ0) is 12.0. The van der Waals surface area contributed by atoms with E-state index in [1.807, 2.05) is 0 Å². The quantitative estimate of drug-likeness (QED) is 0.533. The van der Waals surface area contributed by atoms with Crippen molar-refractivity contribution in [3.8, 4) is 0 Å². The van der Waals surface area contributed by atoms with Crippen molar-refractivity contribution in [2.75, 3.05) is 27.0 Å². The van der Waals surface area contributed by atoms with Crippen molar-refractivity contribution >= 4 is 15.4 Å². The molecule has 3 unspecified atom stereocenters. The Bertz CT molecular complexity index is 320. The minimum Gasteiger partial charge on any atom is -0.381 e. The van der Waals surface area contributed by atoms with Crippen molar-refractivity contribution in [2.45, 2.75) is 23.8 Å². The first-order valence-electron chi connectivity index (χ1n) is 4.90. The molecule has 0 aromatic rings. The van der Waals surface area contributed by atoms with Gasteiger partial charge in [0.15, 0.2) is 0 Å². The van der Waals surface area contributed by atoms with E-state index in [1.54, 1.807) is 0 Å². The Morgan fingerprint density at radius 2 is 2.38 bits per heavy atom. The van der Waals surface area contributed by atoms with E-state index < -0.39 is 31.4 Å². The summed E-state index contributed by atoms with van der Waals surface area (Å²) in [6.07, 6.45) is -1.18. The summed E-state index contributed by atoms with van der Waals surface area (Å²) in [5, 5.41) is 0. The second kappa shape index (κ2) is 4.08. The summed E-state index contributed by atoms with van der Waals surface area (Å²) in [5.74, 6) is 0. The van der Waals surface area contributed by atoms with Gasteiger partial charge in [0.05, 0.1) is 13.2 Å². The average Bonchev–Trinajstić information content (AvgIpc) is 2.54. The first kappa shape index (κ1) is 12.5. The SMILES string of the molecule is [B][C@@H]1O[C@@]2(COC)COC1C2OP(C)(=O)O. The third-order valence-corrected chi connectivity index (χ3v) is 3.35. The Labute approximate surface area is 95.1 Å². The van der Waals surface area contributed by atoms with Crippen LogP contribution in [0.15, 0.2) is 0 Å². The van der Waals surface area contributed by atoms with Crippen molar-refractivity contribution in [1.29, 1.82) is 0 Å². The minimum atomic E-state index is -3.61. The van der Waals surface area contributed by atoms with Crippen LogP contribution in [0, 0.1) is 0 Å². The summed E-state index contributed by atoms with van der Waals surface area (Å²) >= 11 is 0. The lowest BCUT2D eigenvalue weighted by molar-refractivity contribution is -0.141. The molecule has 2 aliphatic heterocycles. The van der Waals surface area contributed by atoms with Gasteiger partial charge in [-0.1, -0.05) is 0 Å². The Balaban J connectivity index is 2.19. The minimum absolute atomic E-state index is 0.210. The maximum Gasteiger partial charge on any atom is 0.325 e. The van der Waals surface area contributed by atoms with Crippen LogP contribution >= 0.6 is 7.60 Å². The molecule has 0 amide bonds. The zero-order valence-electron chi connectivity index (χ0n) is 9.16. The van der Waals surface area contributed by atoms with Gasteiger partial charge in [-0.25, -0.2) is 0 Å². The van der Waals surface area contributed by atoms with Gasteiger partial charge in [-0.05, 0) is 0 Å². The summed E-state index contributed by atoms with van der Waals surface area (Å²) in [7, 11) is 3.59. The Kier molecular flexibility index (Phi) is 3.20. The third kappa shape index (κ3) is 2.08. The van der Waals surface area contributed by atoms with Crippen LogP contribution in [0.5, 0.6) is 0 Å². The summed E-state index contributed by atoms with van der Waals surface area (Å²) < 4.78 is 32.3. The first-order valence-corrected chi connectivity index (χ1v) is 6.93. The highest BCUT2D eigenvalue weighted by Crippen LogP contribution is 2.49. The van der Waals surface area contributed by atoms with Crippen LogP contribution in [0.25, 0.3) is 0 Å². The number of hydrogen-bond acceptors (Lipinski definition) is 5. The molecule has 2 rings (SSSR count). The van der Waals surface area contributed by atoms with Gasteiger partial charge in [-0.3, -0.25) is 9.09 Å². The van der Waals surface area contributed by atoms with E-state index in [1.165, 1.54) is 7.11 Å². The van der Waals surface area contributed by atoms with E-state index in [-0.39, 0.29) is 13.2 Å². The van der Waals surface area contributed by atoms with Gasteiger partial charge in [0.2, 0.25) is 0 Å². The lowest BCUT2D eigenvalue weighted by Crippen LogP contribution is -2.45. The molecular weight excluding hydrogens is 234 g/mol. The molecule has 8 heteroatoms. The fraction of sp³-hybridized carbons (Fsp3) is 1.00. The molecule has 5 atom stereocenters. The fourth-order valence-electron chi connectivity index (χ4n) is 2.18. The summed E-state index contributed by atoms with van der Waals surface area (Å²) in [5.41, 5.74) is -0.868. The van der Waals surface area contributed by atoms with Gasteiger partial charge in [-0.15, -0.1) is 0 Å². The Morgan fingerprint density at radius 3 is 2.88 bits per heavy atom. The number of methoxy groups -OCH3 is 1. The molecule has 6 nitrogen and oxygen atoms in total. The van der Waals surface area contributed by atoms with Crippen LogP contribution in [0.3, 0.4) is 0 Å². The predicted molar refractivity (Wildman–Crippen MR) is 55.6 cm³/mol. The van der Waals surface area contributed by atoms with Crippen molar-refractivity contribution in [3.05, 3.63) is 0 Å². The maximum atomic E-state index is 11.3. The molecule has 2 saturated heterocycles. The fourth-order valence-corrected chi connectivity index (χ4v) is 2.91. The molecule has 2 aliphatic rings. The number of rotatable bonds is 4. The van der Waals surface area contributed by atoms with E-state index in [4.69, 9.17) is 26.6 Å². The van der Waals surface area contributed by atoms with Gasteiger partial charge in [-0.2, -0.15) is 0 Å². The zero-order valence-corrected chi connectivity index (χ0v) is 10.1. The molecule has 90 valence electrons. The van der Waals surface area contributed by atoms with Crippen molar-refractivity contribution in [1.82, 2.24) is 0 Å². The van der Waals surface area contributed by atoms with Gasteiger partial charge in [0, 0.05) is 19.8 Å². The maximum absolute atomic E-state index is 11.3. The molecule has 0 saturated carbocycles. The second-order valence-electron chi connectivity index (χ2n) is 4.18. The van der Waals surface area contributed by atoms with Crippen molar-refractivity contribution in [3.63, 3.8) is 0 Å². The molecule has 0 aromatic heterocycles. The van der Waals surface area contributed by atoms with Gasteiger partial charge in [0.1, 0.15) is 25.7 Å². The smallest absolute Gasteiger partial charge is 0.325 e. The van der Waals surface area contributed by atoms with Crippen LogP contribution in [0.2, 0.25) is 0 Å². The summed E-state index contributed by atoms with van der Waals surface area (Å²) in [6.45, 7) is 1.59. The van der Waals surface area contributed by atoms with E-state index in [9.17, 15) is 9.46 Å². The van der Waals surface area contributed by atoms with E-state index in [0.717, 1.165) is 6.66 Å². The lowest BCUT2D eigenvalue weighted by Gasteiger charge is -2.30. The van der Waals surface area contributed by atoms with E-state index >= 15 is 0 Å². The molecule has 0 aliphatic carbocycles. The Morgan fingerprint density at radius 1 is 1.69 bits per heavy atom. The van der Waals surface area contributed by atoms with Crippen LogP contribution in [0.4, 0.5) is 0 Å². The largest absolute Gasteiger partial charge is 0.381 e. The molecular formula is C8H14BO6P. The van der Waals surface area contributed by atoms with Gasteiger partial charge < -0.3 is 19.1 Å². The van der Waals surface area contributed by atoms with E-state index in [0.29, 0.717) is 0 Å². The van der Waals surface area contributed by atoms with Crippen LogP contribution < -0.4 is 0 Å². The van der Waals surface area contributed by atoms with Crippen LogP contribution in [0.1, 0.15) is 0 Å². The van der Waals surface area contributed by atoms with Crippen LogP contribution in [-0.4, -0.2) is 63.5 Å². The monoisotopic (exact) mass is 248 g/mol. The molecule has 0 spiro atoms. The molecule has 2 radical (unpaired) electrons. The highest BCUT2D eigenvalue weighted by Gasteiger charge is 2.61. The van der Waals surface area contributed by atoms with E-state index in [2.05, 4.69) is 0 Å². The van der Waals surface area contributed by atoms with Crippen LogP contribution in [-0.2, 0) is 23.3 Å². The van der Waals surface area contributed by atoms with Gasteiger partial charge >= 0.3 is 7.60 Å². The predicted octanol–water partition coefficient (Wildman–Crippen LogP) is -0.504. The highest BCUT2D eigenvalue weighted by molar-refractivity contribution is 7.51. The molecule has 2 heterocycles. The molecule has 2 bridgehead atoms. The molecule has 2 fully saturated rings. The van der Waals surface area contributed by atoms with Crippen molar-refractivity contribution in [2.24, 2.45) is 0 Å². The number of fused-ring (bicyclic) bond motifs is 2. The molecule has 0 aromatic carbocycles. The molecule has 16 heavy (non-hydrogen) atoms. The topological polar surface area (TPSA) is 74.2 Å². The first-order chi connectivity index (χ1) is 7.38. The molecule has 1 N–H and O–H groups in total. The lowest BCUT2D eigenvalue weighted by atomic mass is 9.92. The third-order valence-electron chi connectivity index (χ3n) is 2.73. The second-order valence-corrected chi connectivity index (χ2v) is 6.00. The average molecular weight is 248 g/mol.